The van der Waals surface area contributed by atoms with Gasteiger partial charge in [0.15, 0.2) is 17.5 Å². The Kier molecular flexibility index (Phi) is 7.28. The highest BCUT2D eigenvalue weighted by atomic mass is 32.1. The number of benzene rings is 7. The number of para-hydroxylation sites is 1. The van der Waals surface area contributed by atoms with Crippen molar-refractivity contribution in [1.82, 2.24) is 15.0 Å². The maximum absolute atomic E-state index is 5.24. The molecule has 0 aliphatic carbocycles. The molecular weight excluding hydrogens is 659 g/mol. The number of rotatable bonds is 4. The molecule has 0 amide bonds. The summed E-state index contributed by atoms with van der Waals surface area (Å²) in [5, 5.41) is 5.05. The lowest BCUT2D eigenvalue weighted by atomic mass is 9.60. The van der Waals surface area contributed by atoms with Crippen LogP contribution in [-0.2, 0) is 0 Å². The van der Waals surface area contributed by atoms with Crippen LogP contribution in [0.5, 0.6) is 0 Å². The lowest BCUT2D eigenvalue weighted by Crippen LogP contribution is -2.55. The zero-order chi connectivity index (χ0) is 36.0. The fourth-order valence-corrected chi connectivity index (χ4v) is 9.39. The van der Waals surface area contributed by atoms with Crippen molar-refractivity contribution in [2.45, 2.75) is 0 Å². The SMILES string of the molecule is Bc1c(B)c(B)c(-c2nc(-c3ccc(N4c5ccccc5-c5cccc6cccc4c56)cc3)nc(-c3ccc4c(c3)sc3ccccc34)n2)c(B)c1B. The summed E-state index contributed by atoms with van der Waals surface area (Å²) in [5.41, 5.74) is 15.3. The summed E-state index contributed by atoms with van der Waals surface area (Å²) in [5.74, 6) is 2.05. The molecule has 3 heterocycles. The third-order valence-corrected chi connectivity index (χ3v) is 12.6. The van der Waals surface area contributed by atoms with E-state index in [1.54, 1.807) is 0 Å². The van der Waals surface area contributed by atoms with Gasteiger partial charge in [0.1, 0.15) is 39.2 Å². The topological polar surface area (TPSA) is 41.9 Å². The third kappa shape index (κ3) is 4.93. The fraction of sp³-hybridized carbons (Fsp3) is 0. The van der Waals surface area contributed by atoms with Gasteiger partial charge in [0, 0.05) is 53.5 Å². The molecule has 10 heteroatoms. The molecule has 0 spiro atoms. The number of hydrogen-bond donors (Lipinski definition) is 0. The predicted molar refractivity (Wildman–Crippen MR) is 241 cm³/mol. The van der Waals surface area contributed by atoms with Crippen molar-refractivity contribution in [2.24, 2.45) is 0 Å². The van der Waals surface area contributed by atoms with Gasteiger partial charge >= 0.3 is 0 Å². The molecule has 0 N–H and O–H groups in total. The van der Waals surface area contributed by atoms with Crippen LogP contribution in [-0.4, -0.2) is 54.2 Å². The number of fused-ring (bicyclic) bond motifs is 5. The largest absolute Gasteiger partial charge is 0.309 e. The average Bonchev–Trinajstić information content (AvgIpc) is 3.58. The second kappa shape index (κ2) is 12.1. The van der Waals surface area contributed by atoms with Crippen molar-refractivity contribution in [2.75, 3.05) is 4.90 Å². The Labute approximate surface area is 317 Å². The molecule has 0 saturated heterocycles. The minimum Gasteiger partial charge on any atom is -0.309 e. The van der Waals surface area contributed by atoms with Gasteiger partial charge in [-0.3, -0.25) is 0 Å². The van der Waals surface area contributed by atoms with Gasteiger partial charge in [-0.1, -0.05) is 89.8 Å². The first-order chi connectivity index (χ1) is 25.9. The highest BCUT2D eigenvalue weighted by Gasteiger charge is 2.26. The molecule has 0 saturated carbocycles. The Hall–Kier alpha value is -5.85. The first kappa shape index (κ1) is 31.9. The average molecular weight is 690 g/mol. The Bertz CT molecular complexity index is 2950. The predicted octanol–water partition coefficient (Wildman–Crippen LogP) is 3.14. The van der Waals surface area contributed by atoms with Gasteiger partial charge in [-0.05, 0) is 59.5 Å². The van der Waals surface area contributed by atoms with Crippen molar-refractivity contribution in [3.05, 3.63) is 127 Å². The third-order valence-electron chi connectivity index (χ3n) is 11.4. The summed E-state index contributed by atoms with van der Waals surface area (Å²) >= 11 is 1.81. The molecule has 1 aliphatic heterocycles. The second-order valence-corrected chi connectivity index (χ2v) is 15.3. The van der Waals surface area contributed by atoms with Crippen LogP contribution in [0.15, 0.2) is 127 Å². The van der Waals surface area contributed by atoms with E-state index >= 15 is 0 Å². The van der Waals surface area contributed by atoms with Gasteiger partial charge in [-0.2, -0.15) is 0 Å². The van der Waals surface area contributed by atoms with Crippen LogP contribution in [0.25, 0.3) is 76.2 Å². The summed E-state index contributed by atoms with van der Waals surface area (Å²) in [6, 6.07) is 45.8. The fourth-order valence-electron chi connectivity index (χ4n) is 8.24. The van der Waals surface area contributed by atoms with E-state index in [4.69, 9.17) is 15.0 Å². The first-order valence-corrected chi connectivity index (χ1v) is 18.9. The van der Waals surface area contributed by atoms with Gasteiger partial charge in [0.25, 0.3) is 0 Å². The minimum atomic E-state index is 0.661. The molecule has 9 aromatic rings. The smallest absolute Gasteiger partial charge is 0.164 e. The van der Waals surface area contributed by atoms with Crippen LogP contribution in [0.1, 0.15) is 0 Å². The highest BCUT2D eigenvalue weighted by molar-refractivity contribution is 7.25. The standard InChI is InChI=1S/C43H31B5N4S/c44-36-35(37(45)39(47)40(48)38(36)46)43-50-41(49-42(51-43)24-17-20-28-27-10-2-4-14-32(27)53-33(28)21-24)23-15-18-25(19-16-23)52-30-12-3-1-9-26(30)29-11-5-7-22-8-6-13-31(52)34(22)29/h1-21H,44-48H2. The van der Waals surface area contributed by atoms with E-state index in [1.807, 2.05) is 11.3 Å². The summed E-state index contributed by atoms with van der Waals surface area (Å²) in [7, 11) is 11.0. The minimum absolute atomic E-state index is 0.661. The van der Waals surface area contributed by atoms with E-state index in [-0.39, 0.29) is 0 Å². The van der Waals surface area contributed by atoms with E-state index in [0.717, 1.165) is 22.4 Å². The Morgan fingerprint density at radius 3 is 1.83 bits per heavy atom. The van der Waals surface area contributed by atoms with Gasteiger partial charge in [-0.25, -0.2) is 15.0 Å². The van der Waals surface area contributed by atoms with Gasteiger partial charge in [0.2, 0.25) is 0 Å². The number of aromatic nitrogens is 3. The molecule has 7 aromatic carbocycles. The van der Waals surface area contributed by atoms with Crippen LogP contribution in [0, 0.1) is 0 Å². The molecule has 0 fully saturated rings. The molecule has 4 nitrogen and oxygen atoms in total. The molecule has 1 aliphatic rings. The van der Waals surface area contributed by atoms with E-state index in [9.17, 15) is 0 Å². The van der Waals surface area contributed by atoms with Crippen LogP contribution in [0.4, 0.5) is 17.1 Å². The molecule has 0 radical (unpaired) electrons. The maximum atomic E-state index is 5.24. The van der Waals surface area contributed by atoms with Crippen LogP contribution >= 0.6 is 11.3 Å². The lowest BCUT2D eigenvalue weighted by Gasteiger charge is -2.33. The Morgan fingerprint density at radius 2 is 1.04 bits per heavy atom. The molecular formula is C43H31B5N4S. The van der Waals surface area contributed by atoms with Crippen molar-refractivity contribution < 1.29 is 0 Å². The number of thiophene rings is 1. The molecule has 0 atom stereocenters. The summed E-state index contributed by atoms with van der Waals surface area (Å²) in [4.78, 5) is 18.0. The molecule has 0 bridgehead atoms. The lowest BCUT2D eigenvalue weighted by molar-refractivity contribution is 1.08. The van der Waals surface area contributed by atoms with Crippen molar-refractivity contribution >= 4 is 126 Å². The van der Waals surface area contributed by atoms with E-state index in [1.165, 1.54) is 80.8 Å². The normalized spacial score (nSPS) is 12.1. The van der Waals surface area contributed by atoms with E-state index in [0.29, 0.717) is 17.5 Å². The van der Waals surface area contributed by atoms with E-state index in [2.05, 4.69) is 172 Å². The van der Waals surface area contributed by atoms with Crippen molar-refractivity contribution in [1.29, 1.82) is 0 Å². The van der Waals surface area contributed by atoms with Crippen LogP contribution in [0.2, 0.25) is 0 Å². The monoisotopic (exact) mass is 690 g/mol. The zero-order valence-electron chi connectivity index (χ0n) is 30.3. The molecule has 53 heavy (non-hydrogen) atoms. The molecule has 2 aromatic heterocycles. The quantitative estimate of drug-likeness (QED) is 0.267. The van der Waals surface area contributed by atoms with Crippen molar-refractivity contribution in [3.8, 4) is 45.3 Å². The number of nitrogens with zero attached hydrogens (tertiary/aromatic N) is 4. The highest BCUT2D eigenvalue weighted by Crippen LogP contribution is 2.50. The van der Waals surface area contributed by atoms with Crippen molar-refractivity contribution in [3.63, 3.8) is 0 Å². The second-order valence-electron chi connectivity index (χ2n) is 14.2. The summed E-state index contributed by atoms with van der Waals surface area (Å²) in [6.45, 7) is 0. The Balaban J connectivity index is 1.14. The summed E-state index contributed by atoms with van der Waals surface area (Å²) in [6.07, 6.45) is 0. The first-order valence-electron chi connectivity index (χ1n) is 18.1. The van der Waals surface area contributed by atoms with E-state index < -0.39 is 0 Å². The van der Waals surface area contributed by atoms with Gasteiger partial charge in [-0.15, -0.1) is 27.7 Å². The van der Waals surface area contributed by atoms with Gasteiger partial charge in [0.05, 0.1) is 11.4 Å². The number of hydrogen-bond acceptors (Lipinski definition) is 5. The maximum Gasteiger partial charge on any atom is 0.164 e. The van der Waals surface area contributed by atoms with Gasteiger partial charge < -0.3 is 4.90 Å². The van der Waals surface area contributed by atoms with Crippen LogP contribution in [0.3, 0.4) is 0 Å². The molecule has 10 rings (SSSR count). The zero-order valence-corrected chi connectivity index (χ0v) is 31.1. The molecule has 244 valence electrons. The molecule has 0 unspecified atom stereocenters. The Morgan fingerprint density at radius 1 is 0.453 bits per heavy atom. The number of anilines is 3. The summed E-state index contributed by atoms with van der Waals surface area (Å²) < 4.78 is 2.51. The van der Waals surface area contributed by atoms with Crippen LogP contribution < -0.4 is 32.2 Å².